The van der Waals surface area contributed by atoms with Crippen molar-refractivity contribution in [1.82, 2.24) is 9.97 Å². The zero-order valence-electron chi connectivity index (χ0n) is 30.4. The van der Waals surface area contributed by atoms with Crippen molar-refractivity contribution in [3.05, 3.63) is 181 Å². The second-order valence-electron chi connectivity index (χ2n) is 14.5. The molecule has 259 valence electrons. The maximum absolute atomic E-state index is 4.66. The summed E-state index contributed by atoms with van der Waals surface area (Å²) in [5, 5.41) is 5.11. The third kappa shape index (κ3) is 8.45. The third-order valence-corrected chi connectivity index (χ3v) is 9.15. The van der Waals surface area contributed by atoms with Crippen LogP contribution in [0.1, 0.15) is 37.5 Å². The van der Waals surface area contributed by atoms with Gasteiger partial charge in [0.1, 0.15) is 0 Å². The van der Waals surface area contributed by atoms with Crippen molar-refractivity contribution >= 4 is 21.5 Å². The molecular formula is C49H42IrN2-2. The van der Waals surface area contributed by atoms with E-state index in [4.69, 9.17) is 0 Å². The summed E-state index contributed by atoms with van der Waals surface area (Å²) in [6.45, 7) is 11.0. The Kier molecular flexibility index (Phi) is 11.2. The van der Waals surface area contributed by atoms with Gasteiger partial charge in [0, 0.05) is 32.5 Å². The molecule has 0 atom stereocenters. The van der Waals surface area contributed by atoms with Crippen LogP contribution in [0.25, 0.3) is 66.3 Å². The molecule has 0 spiro atoms. The second-order valence-corrected chi connectivity index (χ2v) is 14.5. The molecule has 0 fully saturated rings. The van der Waals surface area contributed by atoms with E-state index in [1.54, 1.807) is 0 Å². The Hall–Kier alpha value is -5.21. The Morgan fingerprint density at radius 3 is 2.04 bits per heavy atom. The van der Waals surface area contributed by atoms with E-state index < -0.39 is 0 Å². The minimum Gasteiger partial charge on any atom is -0.305 e. The van der Waals surface area contributed by atoms with Gasteiger partial charge in [0.2, 0.25) is 0 Å². The first kappa shape index (κ1) is 36.6. The van der Waals surface area contributed by atoms with Crippen LogP contribution >= 0.6 is 0 Å². The molecule has 0 saturated carbocycles. The topological polar surface area (TPSA) is 25.8 Å². The first-order valence-corrected chi connectivity index (χ1v) is 17.6. The molecule has 1 radical (unpaired) electrons. The molecule has 0 bridgehead atoms. The van der Waals surface area contributed by atoms with Crippen molar-refractivity contribution in [2.75, 3.05) is 0 Å². The van der Waals surface area contributed by atoms with Crippen molar-refractivity contribution in [1.29, 1.82) is 0 Å². The number of fused-ring (bicyclic) bond motifs is 3. The fraction of sp³-hybridized carbons (Fsp3) is 0.143. The Labute approximate surface area is 322 Å². The number of rotatable bonds is 5. The van der Waals surface area contributed by atoms with E-state index >= 15 is 0 Å². The maximum atomic E-state index is 4.66. The molecule has 0 amide bonds. The molecule has 6 aromatic carbocycles. The minimum absolute atomic E-state index is 0. The molecular weight excluding hydrogens is 809 g/mol. The molecule has 0 aliphatic heterocycles. The first-order valence-electron chi connectivity index (χ1n) is 17.6. The molecule has 3 heteroatoms. The van der Waals surface area contributed by atoms with E-state index in [9.17, 15) is 0 Å². The van der Waals surface area contributed by atoms with Crippen LogP contribution in [0.4, 0.5) is 0 Å². The maximum Gasteiger partial charge on any atom is 0.0196 e. The Morgan fingerprint density at radius 1 is 0.577 bits per heavy atom. The van der Waals surface area contributed by atoms with Crippen LogP contribution in [0.15, 0.2) is 152 Å². The number of aryl methyl sites for hydroxylation is 2. The molecule has 2 aromatic heterocycles. The fourth-order valence-corrected chi connectivity index (χ4v) is 6.68. The van der Waals surface area contributed by atoms with Crippen LogP contribution in [0.2, 0.25) is 0 Å². The van der Waals surface area contributed by atoms with Crippen LogP contribution in [-0.2, 0) is 26.5 Å². The normalized spacial score (nSPS) is 11.1. The van der Waals surface area contributed by atoms with Gasteiger partial charge in [0.25, 0.3) is 0 Å². The van der Waals surface area contributed by atoms with E-state index in [0.717, 1.165) is 28.9 Å². The summed E-state index contributed by atoms with van der Waals surface area (Å²) in [5.74, 6) is 0. The largest absolute Gasteiger partial charge is 0.305 e. The Balaban J connectivity index is 0.000000192. The summed E-state index contributed by atoms with van der Waals surface area (Å²) in [6.07, 6.45) is 4.88. The Bertz CT molecular complexity index is 2440. The van der Waals surface area contributed by atoms with E-state index in [0.29, 0.717) is 0 Å². The Morgan fingerprint density at radius 2 is 1.29 bits per heavy atom. The molecule has 0 N–H and O–H groups in total. The van der Waals surface area contributed by atoms with Gasteiger partial charge in [-0.2, -0.15) is 0 Å². The number of benzene rings is 6. The van der Waals surface area contributed by atoms with Gasteiger partial charge in [-0.05, 0) is 86.1 Å². The van der Waals surface area contributed by atoms with E-state index in [-0.39, 0.29) is 25.5 Å². The quantitative estimate of drug-likeness (QED) is 0.127. The summed E-state index contributed by atoms with van der Waals surface area (Å²) < 4.78 is 0. The number of hydrogen-bond acceptors (Lipinski definition) is 2. The predicted molar refractivity (Wildman–Crippen MR) is 216 cm³/mol. The van der Waals surface area contributed by atoms with Gasteiger partial charge in [0.15, 0.2) is 0 Å². The summed E-state index contributed by atoms with van der Waals surface area (Å²) >= 11 is 0. The van der Waals surface area contributed by atoms with Crippen molar-refractivity contribution in [3.63, 3.8) is 0 Å². The first-order chi connectivity index (χ1) is 24.7. The summed E-state index contributed by atoms with van der Waals surface area (Å²) in [5.41, 5.74) is 12.9. The van der Waals surface area contributed by atoms with Gasteiger partial charge < -0.3 is 9.97 Å². The van der Waals surface area contributed by atoms with E-state index in [1.807, 2.05) is 30.6 Å². The monoisotopic (exact) mass is 851 g/mol. The smallest absolute Gasteiger partial charge is 0.0196 e. The van der Waals surface area contributed by atoms with Crippen LogP contribution in [0.3, 0.4) is 0 Å². The van der Waals surface area contributed by atoms with Gasteiger partial charge in [-0.25, -0.2) is 0 Å². The molecule has 8 rings (SSSR count). The van der Waals surface area contributed by atoms with Crippen molar-refractivity contribution in [3.8, 4) is 44.8 Å². The van der Waals surface area contributed by atoms with Gasteiger partial charge >= 0.3 is 0 Å². The van der Waals surface area contributed by atoms with Gasteiger partial charge in [-0.3, -0.25) is 0 Å². The van der Waals surface area contributed by atoms with Gasteiger partial charge in [-0.15, -0.1) is 70.8 Å². The molecule has 0 unspecified atom stereocenters. The summed E-state index contributed by atoms with van der Waals surface area (Å²) in [6, 6.07) is 55.7. The van der Waals surface area contributed by atoms with Crippen LogP contribution < -0.4 is 0 Å². The predicted octanol–water partition coefficient (Wildman–Crippen LogP) is 12.9. The SMILES string of the molecule is CC(C)(C)Cc1ccnc(-c2[c-]ccc(-c3cc4ccccc4c4ccccc34)c2)c1.Cc1c[c-]c(-c2cc(-c3ccccc3)c(C)cn2)cc1.[Ir]. The molecule has 2 heterocycles. The molecule has 2 nitrogen and oxygen atoms in total. The van der Waals surface area contributed by atoms with Crippen molar-refractivity contribution < 1.29 is 20.1 Å². The molecule has 8 aromatic rings. The van der Waals surface area contributed by atoms with Gasteiger partial charge in [-0.1, -0.05) is 124 Å². The standard InChI is InChI=1S/C30H26N.C19H16N.Ir/c1-30(2,3)20-21-15-16-31-29(17-21)24-11-8-10-22(18-24)28-19-23-9-4-5-12-25(23)26-13-6-7-14-27(26)28;1-14-8-10-17(11-9-14)19-12-18(15(2)13-20-19)16-6-4-3-5-7-16;/h4-10,12-19H,20H2,1-3H3;3-10,12-13H,1-2H3;/q2*-1;. The fourth-order valence-electron chi connectivity index (χ4n) is 6.68. The third-order valence-electron chi connectivity index (χ3n) is 9.15. The molecule has 52 heavy (non-hydrogen) atoms. The van der Waals surface area contributed by atoms with Crippen LogP contribution in [-0.4, -0.2) is 9.97 Å². The van der Waals surface area contributed by atoms with Crippen molar-refractivity contribution in [2.45, 2.75) is 41.0 Å². The minimum atomic E-state index is 0. The number of nitrogens with zero attached hydrogens (tertiary/aromatic N) is 2. The second kappa shape index (κ2) is 16.0. The molecule has 0 saturated heterocycles. The van der Waals surface area contributed by atoms with Crippen LogP contribution in [0.5, 0.6) is 0 Å². The summed E-state index contributed by atoms with van der Waals surface area (Å²) in [4.78, 5) is 9.19. The van der Waals surface area contributed by atoms with Crippen molar-refractivity contribution in [2.24, 2.45) is 5.41 Å². The van der Waals surface area contributed by atoms with E-state index in [2.05, 4.69) is 178 Å². The average Bonchev–Trinajstić information content (AvgIpc) is 3.15. The molecule has 0 aliphatic carbocycles. The number of pyridine rings is 2. The average molecular weight is 851 g/mol. The zero-order valence-corrected chi connectivity index (χ0v) is 32.8. The van der Waals surface area contributed by atoms with E-state index in [1.165, 1.54) is 60.5 Å². The number of hydrogen-bond donors (Lipinski definition) is 0. The van der Waals surface area contributed by atoms with Gasteiger partial charge in [0.05, 0.1) is 0 Å². The van der Waals surface area contributed by atoms with Crippen LogP contribution in [0, 0.1) is 31.4 Å². The number of aromatic nitrogens is 2. The summed E-state index contributed by atoms with van der Waals surface area (Å²) in [7, 11) is 0. The zero-order chi connectivity index (χ0) is 35.4. The molecule has 0 aliphatic rings.